The van der Waals surface area contributed by atoms with Gasteiger partial charge in [-0.1, -0.05) is 0 Å². The largest absolute Gasteiger partial charge is 0.480 e. The van der Waals surface area contributed by atoms with E-state index in [1.54, 1.807) is 0 Å². The van der Waals surface area contributed by atoms with Crippen LogP contribution in [0.3, 0.4) is 0 Å². The van der Waals surface area contributed by atoms with E-state index in [0.29, 0.717) is 19.5 Å². The zero-order chi connectivity index (χ0) is 12.8. The van der Waals surface area contributed by atoms with Gasteiger partial charge in [0.1, 0.15) is 6.54 Å². The van der Waals surface area contributed by atoms with Crippen LogP contribution in [0, 0.1) is 0 Å². The van der Waals surface area contributed by atoms with Crippen LogP contribution in [-0.2, 0) is 9.59 Å². The first kappa shape index (κ1) is 13.2. The van der Waals surface area contributed by atoms with Gasteiger partial charge in [0.25, 0.3) is 0 Å². The normalized spacial score (nSPS) is 17.9. The van der Waals surface area contributed by atoms with E-state index in [-0.39, 0.29) is 12.5 Å². The Morgan fingerprint density at radius 2 is 2.24 bits per heavy atom. The van der Waals surface area contributed by atoms with Crippen LogP contribution in [0.4, 0.5) is 4.79 Å². The van der Waals surface area contributed by atoms with Crippen LogP contribution < -0.4 is 10.6 Å². The second-order valence-corrected chi connectivity index (χ2v) is 3.65. The summed E-state index contributed by atoms with van der Waals surface area (Å²) in [6, 6.07) is -2.02. The highest BCUT2D eigenvalue weighted by atomic mass is 16.4. The number of aliphatic hydroxyl groups is 1. The zero-order valence-electron chi connectivity index (χ0n) is 9.18. The van der Waals surface area contributed by atoms with Crippen molar-refractivity contribution in [1.29, 1.82) is 0 Å². The van der Waals surface area contributed by atoms with Gasteiger partial charge in [0.15, 0.2) is 6.04 Å². The van der Waals surface area contributed by atoms with Crippen LogP contribution in [0.15, 0.2) is 0 Å². The molecule has 1 rings (SSSR count). The van der Waals surface area contributed by atoms with Crippen LogP contribution >= 0.6 is 0 Å². The zero-order valence-corrected chi connectivity index (χ0v) is 9.18. The van der Waals surface area contributed by atoms with Gasteiger partial charge in [0.05, 0.1) is 6.61 Å². The quantitative estimate of drug-likeness (QED) is 0.457. The lowest BCUT2D eigenvalue weighted by atomic mass is 10.3. The first-order chi connectivity index (χ1) is 8.04. The number of carboxylic acids is 1. The smallest absolute Gasteiger partial charge is 0.328 e. The molecule has 0 bridgehead atoms. The fraction of sp³-hybridized carbons (Fsp3) is 0.667. The molecule has 1 aliphatic rings. The monoisotopic (exact) mass is 245 g/mol. The third-order valence-corrected chi connectivity index (χ3v) is 2.33. The van der Waals surface area contributed by atoms with Gasteiger partial charge in [-0.25, -0.2) is 9.59 Å². The fourth-order valence-electron chi connectivity index (χ4n) is 1.41. The first-order valence-electron chi connectivity index (χ1n) is 5.20. The Labute approximate surface area is 97.6 Å². The highest BCUT2D eigenvalue weighted by Crippen LogP contribution is 1.98. The Morgan fingerprint density at radius 1 is 1.53 bits per heavy atom. The van der Waals surface area contributed by atoms with Gasteiger partial charge < -0.3 is 25.7 Å². The predicted octanol–water partition coefficient (Wildman–Crippen LogP) is -2.04. The summed E-state index contributed by atoms with van der Waals surface area (Å²) in [7, 11) is 0. The van der Waals surface area contributed by atoms with Crippen molar-refractivity contribution >= 4 is 17.9 Å². The molecule has 96 valence electrons. The van der Waals surface area contributed by atoms with E-state index in [0.717, 1.165) is 0 Å². The van der Waals surface area contributed by atoms with Crippen LogP contribution in [0.25, 0.3) is 0 Å². The molecule has 0 aromatic heterocycles. The predicted molar refractivity (Wildman–Crippen MR) is 56.2 cm³/mol. The topological polar surface area (TPSA) is 119 Å². The number of amides is 3. The molecule has 1 fully saturated rings. The van der Waals surface area contributed by atoms with Crippen molar-refractivity contribution in [1.82, 2.24) is 15.5 Å². The van der Waals surface area contributed by atoms with Crippen molar-refractivity contribution < 1.29 is 24.6 Å². The van der Waals surface area contributed by atoms with Crippen molar-refractivity contribution in [2.75, 3.05) is 26.2 Å². The molecule has 1 heterocycles. The van der Waals surface area contributed by atoms with Crippen LogP contribution in [0.1, 0.15) is 6.42 Å². The first-order valence-corrected chi connectivity index (χ1v) is 5.20. The molecule has 0 spiro atoms. The average Bonchev–Trinajstić information content (AvgIpc) is 2.50. The second-order valence-electron chi connectivity index (χ2n) is 3.65. The van der Waals surface area contributed by atoms with Crippen LogP contribution in [-0.4, -0.2) is 65.3 Å². The summed E-state index contributed by atoms with van der Waals surface area (Å²) < 4.78 is 0. The summed E-state index contributed by atoms with van der Waals surface area (Å²) in [5.74, 6) is -1.60. The molecule has 1 atom stereocenters. The Kier molecular flexibility index (Phi) is 4.70. The third kappa shape index (κ3) is 3.91. The number of carbonyl (C=O) groups excluding carboxylic acids is 2. The van der Waals surface area contributed by atoms with Gasteiger partial charge in [-0.2, -0.15) is 0 Å². The van der Waals surface area contributed by atoms with Crippen molar-refractivity contribution in [3.8, 4) is 0 Å². The maximum absolute atomic E-state index is 11.6. The summed E-state index contributed by atoms with van der Waals surface area (Å²) in [6.07, 6.45) is 0.607. The van der Waals surface area contributed by atoms with Crippen molar-refractivity contribution in [2.24, 2.45) is 0 Å². The number of aliphatic carboxylic acids is 1. The summed E-state index contributed by atoms with van der Waals surface area (Å²) in [5.41, 5.74) is 0. The van der Waals surface area contributed by atoms with E-state index in [1.807, 2.05) is 0 Å². The van der Waals surface area contributed by atoms with Gasteiger partial charge in [-0.15, -0.1) is 0 Å². The molecular formula is C9H15N3O5. The number of nitrogens with one attached hydrogen (secondary N) is 2. The minimum absolute atomic E-state index is 0.108. The lowest BCUT2D eigenvalue weighted by Gasteiger charge is -2.21. The molecule has 8 heteroatoms. The maximum atomic E-state index is 11.6. The van der Waals surface area contributed by atoms with E-state index in [4.69, 9.17) is 10.2 Å². The van der Waals surface area contributed by atoms with E-state index in [2.05, 4.69) is 10.6 Å². The number of urea groups is 1. The highest BCUT2D eigenvalue weighted by molar-refractivity contribution is 5.87. The number of nitrogens with zero attached hydrogens (tertiary/aromatic N) is 1. The van der Waals surface area contributed by atoms with E-state index in [1.165, 1.54) is 4.90 Å². The van der Waals surface area contributed by atoms with Gasteiger partial charge in [-0.05, 0) is 6.42 Å². The Morgan fingerprint density at radius 3 is 2.82 bits per heavy atom. The van der Waals surface area contributed by atoms with Gasteiger partial charge in [0, 0.05) is 13.1 Å². The van der Waals surface area contributed by atoms with E-state index >= 15 is 0 Å². The number of hydrogen-bond acceptors (Lipinski definition) is 4. The summed E-state index contributed by atoms with van der Waals surface area (Å²) in [4.78, 5) is 34.6. The van der Waals surface area contributed by atoms with Crippen molar-refractivity contribution in [3.63, 3.8) is 0 Å². The molecule has 1 saturated heterocycles. The highest BCUT2D eigenvalue weighted by Gasteiger charge is 2.24. The second kappa shape index (κ2) is 6.04. The number of aliphatic hydroxyl groups excluding tert-OH is 1. The van der Waals surface area contributed by atoms with E-state index in [9.17, 15) is 14.4 Å². The fourth-order valence-corrected chi connectivity index (χ4v) is 1.41. The molecular weight excluding hydrogens is 230 g/mol. The molecule has 17 heavy (non-hydrogen) atoms. The standard InChI is InChI=1S/C9H15N3O5/c13-5-6(8(15)16)11-9(17)12-3-1-2-10-7(14)4-12/h6,13H,1-5H2,(H,10,14)(H,11,17)(H,15,16)/t6-/m0/s1. The molecule has 3 amide bonds. The maximum Gasteiger partial charge on any atom is 0.328 e. The Bertz CT molecular complexity index is 320. The van der Waals surface area contributed by atoms with Crippen molar-refractivity contribution in [3.05, 3.63) is 0 Å². The SMILES string of the molecule is O=C1CN(C(=O)N[C@@H](CO)C(=O)O)CCCN1. The number of carbonyl (C=O) groups is 3. The molecule has 1 aliphatic heterocycles. The number of hydrogen-bond donors (Lipinski definition) is 4. The molecule has 4 N–H and O–H groups in total. The van der Waals surface area contributed by atoms with Crippen LogP contribution in [0.5, 0.6) is 0 Å². The van der Waals surface area contributed by atoms with Gasteiger partial charge in [-0.3, -0.25) is 4.79 Å². The third-order valence-electron chi connectivity index (χ3n) is 2.33. The lowest BCUT2D eigenvalue weighted by molar-refractivity contribution is -0.140. The summed E-state index contributed by atoms with van der Waals surface area (Å²) >= 11 is 0. The molecule has 0 aromatic carbocycles. The minimum Gasteiger partial charge on any atom is -0.480 e. The summed E-state index contributed by atoms with van der Waals surface area (Å²) in [6.45, 7) is 0.0536. The number of carboxylic acid groups (broad SMARTS) is 1. The van der Waals surface area contributed by atoms with Gasteiger partial charge in [0.2, 0.25) is 5.91 Å². The Balaban J connectivity index is 2.56. The minimum atomic E-state index is -1.35. The molecule has 0 aromatic rings. The van der Waals surface area contributed by atoms with Gasteiger partial charge >= 0.3 is 12.0 Å². The molecule has 0 unspecified atom stereocenters. The number of rotatable bonds is 3. The summed E-state index contributed by atoms with van der Waals surface area (Å²) in [5, 5.41) is 22.1. The van der Waals surface area contributed by atoms with E-state index < -0.39 is 24.6 Å². The molecule has 0 saturated carbocycles. The molecule has 8 nitrogen and oxygen atoms in total. The Hall–Kier alpha value is -1.83. The lowest BCUT2D eigenvalue weighted by Crippen LogP contribution is -2.50. The van der Waals surface area contributed by atoms with Crippen LogP contribution in [0.2, 0.25) is 0 Å². The average molecular weight is 245 g/mol. The van der Waals surface area contributed by atoms with Crippen molar-refractivity contribution in [2.45, 2.75) is 12.5 Å². The molecule has 0 radical (unpaired) electrons. The molecule has 0 aliphatic carbocycles.